The van der Waals surface area contributed by atoms with Crippen LogP contribution in [0, 0.1) is 17.7 Å². The molecule has 2 heterocycles. The summed E-state index contributed by atoms with van der Waals surface area (Å²) < 4.78 is 24.9. The number of carbonyl (C=O) groups excluding carboxylic acids is 1. The highest BCUT2D eigenvalue weighted by Crippen LogP contribution is 2.30. The molecule has 144 valence electrons. The molecule has 2 atom stereocenters. The minimum absolute atomic E-state index is 0.00667. The summed E-state index contributed by atoms with van der Waals surface area (Å²) in [4.78, 5) is 14.4. The van der Waals surface area contributed by atoms with Crippen molar-refractivity contribution in [1.29, 1.82) is 0 Å². The molecule has 0 saturated carbocycles. The maximum absolute atomic E-state index is 13.8. The summed E-state index contributed by atoms with van der Waals surface area (Å²) >= 11 is 0. The van der Waals surface area contributed by atoms with Gasteiger partial charge in [-0.25, -0.2) is 4.39 Å². The number of benzene rings is 1. The van der Waals surface area contributed by atoms with Crippen molar-refractivity contribution in [3.8, 4) is 0 Å². The lowest BCUT2D eigenvalue weighted by Crippen LogP contribution is -2.51. The highest BCUT2D eigenvalue weighted by molar-refractivity contribution is 5.78. The molecule has 5 nitrogen and oxygen atoms in total. The van der Waals surface area contributed by atoms with Gasteiger partial charge in [-0.1, -0.05) is 18.2 Å². The lowest BCUT2D eigenvalue weighted by atomic mass is 9.79. The van der Waals surface area contributed by atoms with E-state index in [4.69, 9.17) is 9.47 Å². The van der Waals surface area contributed by atoms with Crippen LogP contribution in [0.3, 0.4) is 0 Å². The van der Waals surface area contributed by atoms with Crippen LogP contribution >= 0.6 is 0 Å². The van der Waals surface area contributed by atoms with Crippen LogP contribution in [0.2, 0.25) is 0 Å². The Hall–Kier alpha value is -1.50. The highest BCUT2D eigenvalue weighted by Gasteiger charge is 2.34. The Morgan fingerprint density at radius 2 is 1.92 bits per heavy atom. The zero-order chi connectivity index (χ0) is 18.4. The zero-order valence-corrected chi connectivity index (χ0v) is 15.5. The number of rotatable bonds is 6. The number of likely N-dealkylation sites (N-methyl/N-ethyl adjacent to an activating group) is 1. The minimum Gasteiger partial charge on any atom is -0.381 e. The molecule has 6 heteroatoms. The van der Waals surface area contributed by atoms with Gasteiger partial charge in [-0.3, -0.25) is 9.69 Å². The van der Waals surface area contributed by atoms with Crippen molar-refractivity contribution in [3.63, 3.8) is 0 Å². The molecule has 2 fully saturated rings. The first kappa shape index (κ1) is 19.3. The van der Waals surface area contributed by atoms with Gasteiger partial charge in [-0.05, 0) is 38.3 Å². The van der Waals surface area contributed by atoms with Crippen LogP contribution in [0.15, 0.2) is 24.3 Å². The number of ether oxygens (including phenoxy) is 2. The molecule has 0 radical (unpaired) electrons. The van der Waals surface area contributed by atoms with Crippen molar-refractivity contribution < 1.29 is 18.7 Å². The molecule has 1 aromatic rings. The predicted octanol–water partition coefficient (Wildman–Crippen LogP) is 2.21. The average molecular weight is 364 g/mol. The largest absolute Gasteiger partial charge is 0.381 e. The second-order valence-corrected chi connectivity index (χ2v) is 7.41. The Bertz CT molecular complexity index is 592. The molecule has 26 heavy (non-hydrogen) atoms. The number of hydrogen-bond donors (Lipinski definition) is 1. The molecule has 2 aliphatic heterocycles. The van der Waals surface area contributed by atoms with E-state index < -0.39 is 0 Å². The Balaban J connectivity index is 1.51. The molecule has 0 aliphatic carbocycles. The number of nitrogens with zero attached hydrogens (tertiary/aromatic N) is 1. The fourth-order valence-electron chi connectivity index (χ4n) is 4.02. The second kappa shape index (κ2) is 9.44. The van der Waals surface area contributed by atoms with E-state index >= 15 is 0 Å². The third-order valence-corrected chi connectivity index (χ3v) is 5.43. The maximum Gasteiger partial charge on any atom is 0.234 e. The smallest absolute Gasteiger partial charge is 0.234 e. The molecule has 0 unspecified atom stereocenters. The zero-order valence-electron chi connectivity index (χ0n) is 15.5. The summed E-state index contributed by atoms with van der Waals surface area (Å²) in [6.45, 7) is 3.67. The van der Waals surface area contributed by atoms with E-state index in [0.29, 0.717) is 37.2 Å². The number of carbonyl (C=O) groups is 1. The van der Waals surface area contributed by atoms with Gasteiger partial charge in [-0.2, -0.15) is 0 Å². The average Bonchev–Trinajstić information content (AvgIpc) is 2.64. The normalized spacial score (nSPS) is 24.6. The van der Waals surface area contributed by atoms with Gasteiger partial charge in [0.15, 0.2) is 0 Å². The second-order valence-electron chi connectivity index (χ2n) is 7.41. The van der Waals surface area contributed by atoms with Crippen molar-refractivity contribution in [2.75, 3.05) is 40.0 Å². The third kappa shape index (κ3) is 5.25. The molecule has 0 bridgehead atoms. The van der Waals surface area contributed by atoms with Gasteiger partial charge in [0.1, 0.15) is 5.82 Å². The molecule has 2 saturated heterocycles. The summed E-state index contributed by atoms with van der Waals surface area (Å²) in [5, 5.41) is 3.20. The van der Waals surface area contributed by atoms with Crippen molar-refractivity contribution in [3.05, 3.63) is 35.6 Å². The molecule has 3 rings (SSSR count). The fourth-order valence-corrected chi connectivity index (χ4v) is 4.02. The monoisotopic (exact) mass is 364 g/mol. The molecule has 1 aromatic carbocycles. The van der Waals surface area contributed by atoms with Crippen molar-refractivity contribution in [2.45, 2.75) is 31.8 Å². The van der Waals surface area contributed by atoms with Gasteiger partial charge < -0.3 is 14.8 Å². The number of hydrogen-bond acceptors (Lipinski definition) is 4. The van der Waals surface area contributed by atoms with Gasteiger partial charge >= 0.3 is 0 Å². The van der Waals surface area contributed by atoms with Gasteiger partial charge in [0.25, 0.3) is 0 Å². The maximum atomic E-state index is 13.8. The van der Waals surface area contributed by atoms with Crippen LogP contribution in [0.25, 0.3) is 0 Å². The first-order chi connectivity index (χ1) is 12.6. The molecule has 1 amide bonds. The number of halogens is 1. The van der Waals surface area contributed by atoms with E-state index in [-0.39, 0.29) is 24.3 Å². The predicted molar refractivity (Wildman–Crippen MR) is 97.1 cm³/mol. The molecular weight excluding hydrogens is 335 g/mol. The van der Waals surface area contributed by atoms with E-state index in [9.17, 15) is 9.18 Å². The fraction of sp³-hybridized carbons (Fsp3) is 0.650. The third-order valence-electron chi connectivity index (χ3n) is 5.43. The summed E-state index contributed by atoms with van der Waals surface area (Å²) in [7, 11) is 1.84. The van der Waals surface area contributed by atoms with E-state index in [1.54, 1.807) is 12.1 Å². The summed E-state index contributed by atoms with van der Waals surface area (Å²) in [5.74, 6) is 0.663. The van der Waals surface area contributed by atoms with Crippen molar-refractivity contribution >= 4 is 5.91 Å². The molecular formula is C20H29FN2O3. The molecule has 0 spiro atoms. The lowest BCUT2D eigenvalue weighted by molar-refractivity contribution is -0.124. The van der Waals surface area contributed by atoms with Crippen LogP contribution in [0.4, 0.5) is 4.39 Å². The van der Waals surface area contributed by atoms with Gasteiger partial charge in [-0.15, -0.1) is 0 Å². The SMILES string of the molecule is CN(CC(=O)N[C@@H]1CCOC[C@@H]1C1CCOCC1)Cc1ccccc1F. The quantitative estimate of drug-likeness (QED) is 0.841. The Morgan fingerprint density at radius 1 is 1.19 bits per heavy atom. The van der Waals surface area contributed by atoms with Gasteiger partial charge in [0, 0.05) is 43.9 Å². The topological polar surface area (TPSA) is 50.8 Å². The van der Waals surface area contributed by atoms with E-state index in [0.717, 1.165) is 32.5 Å². The summed E-state index contributed by atoms with van der Waals surface area (Å²) in [5.41, 5.74) is 0.606. The minimum atomic E-state index is -0.233. The van der Waals surface area contributed by atoms with Crippen LogP contribution in [0.5, 0.6) is 0 Å². The summed E-state index contributed by atoms with van der Waals surface area (Å²) in [6.07, 6.45) is 2.92. The molecule has 1 N–H and O–H groups in total. The first-order valence-electron chi connectivity index (χ1n) is 9.50. The van der Waals surface area contributed by atoms with E-state index in [1.165, 1.54) is 6.07 Å². The molecule has 2 aliphatic rings. The Morgan fingerprint density at radius 3 is 2.69 bits per heavy atom. The van der Waals surface area contributed by atoms with Crippen LogP contribution < -0.4 is 5.32 Å². The van der Waals surface area contributed by atoms with Crippen LogP contribution in [-0.2, 0) is 20.8 Å². The van der Waals surface area contributed by atoms with E-state index in [1.807, 2.05) is 18.0 Å². The summed E-state index contributed by atoms with van der Waals surface area (Å²) in [6, 6.07) is 6.84. The van der Waals surface area contributed by atoms with Crippen molar-refractivity contribution in [2.24, 2.45) is 11.8 Å². The lowest BCUT2D eigenvalue weighted by Gasteiger charge is -2.39. The number of nitrogens with one attached hydrogen (secondary N) is 1. The van der Waals surface area contributed by atoms with Crippen molar-refractivity contribution in [1.82, 2.24) is 10.2 Å². The van der Waals surface area contributed by atoms with E-state index in [2.05, 4.69) is 5.32 Å². The molecule has 0 aromatic heterocycles. The first-order valence-corrected chi connectivity index (χ1v) is 9.50. The Labute approximate surface area is 154 Å². The van der Waals surface area contributed by atoms with Crippen LogP contribution in [-0.4, -0.2) is 56.9 Å². The van der Waals surface area contributed by atoms with Gasteiger partial charge in [0.2, 0.25) is 5.91 Å². The number of amides is 1. The Kier molecular flexibility index (Phi) is 7.00. The van der Waals surface area contributed by atoms with Crippen LogP contribution in [0.1, 0.15) is 24.8 Å². The van der Waals surface area contributed by atoms with Gasteiger partial charge in [0.05, 0.1) is 13.2 Å². The standard InChI is InChI=1S/C20H29FN2O3/c1-23(12-16-4-2-3-5-18(16)21)13-20(24)22-19-8-11-26-14-17(19)15-6-9-25-10-7-15/h2-5,15,17,19H,6-14H2,1H3,(H,22,24)/t17-,19-/m1/s1. The highest BCUT2D eigenvalue weighted by atomic mass is 19.1.